The summed E-state index contributed by atoms with van der Waals surface area (Å²) in [5.41, 5.74) is 2.70. The molecule has 1 heterocycles. The quantitative estimate of drug-likeness (QED) is 0.719. The van der Waals surface area contributed by atoms with Crippen LogP contribution in [0.15, 0.2) is 66.7 Å². The number of rotatable bonds is 4. The molecule has 126 valence electrons. The van der Waals surface area contributed by atoms with E-state index in [-0.39, 0.29) is 6.10 Å². The van der Waals surface area contributed by atoms with E-state index in [1.807, 2.05) is 60.7 Å². The van der Waals surface area contributed by atoms with Gasteiger partial charge in [-0.1, -0.05) is 48.5 Å². The van der Waals surface area contributed by atoms with E-state index in [1.165, 1.54) is 6.07 Å². The van der Waals surface area contributed by atoms with E-state index in [2.05, 4.69) is 5.32 Å². The first-order chi connectivity index (χ1) is 12.2. The molecule has 3 aromatic rings. The van der Waals surface area contributed by atoms with Gasteiger partial charge >= 0.3 is 0 Å². The first kappa shape index (κ1) is 15.6. The lowest BCUT2D eigenvalue weighted by Gasteiger charge is -2.14. The molecular formula is C21H17F2NO. The van der Waals surface area contributed by atoms with Crippen LogP contribution in [0.1, 0.15) is 5.56 Å². The Morgan fingerprint density at radius 2 is 1.64 bits per heavy atom. The van der Waals surface area contributed by atoms with Gasteiger partial charge in [-0.2, -0.15) is 0 Å². The van der Waals surface area contributed by atoms with Crippen LogP contribution in [0.25, 0.3) is 11.1 Å². The SMILES string of the molecule is Fc1cc(-c2ccccc2)c2c(c1F)CC(CNc1ccccc1)O2. The number of hydrogen-bond acceptors (Lipinski definition) is 2. The molecule has 0 radical (unpaired) electrons. The average Bonchev–Trinajstić information content (AvgIpc) is 3.09. The molecule has 1 atom stereocenters. The van der Waals surface area contributed by atoms with Crippen molar-refractivity contribution in [2.45, 2.75) is 12.5 Å². The predicted molar refractivity (Wildman–Crippen MR) is 94.8 cm³/mol. The zero-order chi connectivity index (χ0) is 17.2. The fraction of sp³-hybridized carbons (Fsp3) is 0.143. The van der Waals surface area contributed by atoms with Gasteiger partial charge < -0.3 is 10.1 Å². The molecule has 1 aliphatic heterocycles. The van der Waals surface area contributed by atoms with Crippen molar-refractivity contribution >= 4 is 5.69 Å². The first-order valence-electron chi connectivity index (χ1n) is 8.24. The van der Waals surface area contributed by atoms with Crippen molar-refractivity contribution in [3.8, 4) is 16.9 Å². The molecule has 0 saturated heterocycles. The van der Waals surface area contributed by atoms with Gasteiger partial charge in [-0.15, -0.1) is 0 Å². The van der Waals surface area contributed by atoms with Gasteiger partial charge in [0.1, 0.15) is 11.9 Å². The number of ether oxygens (including phenoxy) is 1. The van der Waals surface area contributed by atoms with Gasteiger partial charge in [0.25, 0.3) is 0 Å². The van der Waals surface area contributed by atoms with Crippen molar-refractivity contribution in [2.75, 3.05) is 11.9 Å². The molecule has 4 rings (SSSR count). The Morgan fingerprint density at radius 1 is 0.960 bits per heavy atom. The van der Waals surface area contributed by atoms with E-state index in [9.17, 15) is 8.78 Å². The summed E-state index contributed by atoms with van der Waals surface area (Å²) in [4.78, 5) is 0. The Morgan fingerprint density at radius 3 is 2.36 bits per heavy atom. The Bertz CT molecular complexity index is 881. The summed E-state index contributed by atoms with van der Waals surface area (Å²) < 4.78 is 34.3. The molecule has 0 spiro atoms. The Balaban J connectivity index is 1.60. The number of nitrogens with one attached hydrogen (secondary N) is 1. The maximum atomic E-state index is 14.3. The van der Waals surface area contributed by atoms with Gasteiger partial charge in [0.15, 0.2) is 11.6 Å². The highest BCUT2D eigenvalue weighted by Crippen LogP contribution is 2.41. The molecule has 0 amide bonds. The number of anilines is 1. The van der Waals surface area contributed by atoms with E-state index >= 15 is 0 Å². The number of fused-ring (bicyclic) bond motifs is 1. The van der Waals surface area contributed by atoms with E-state index in [1.54, 1.807) is 0 Å². The predicted octanol–water partition coefficient (Wildman–Crippen LogP) is 5.05. The second kappa shape index (κ2) is 6.55. The highest BCUT2D eigenvalue weighted by Gasteiger charge is 2.30. The first-order valence-corrected chi connectivity index (χ1v) is 8.24. The van der Waals surface area contributed by atoms with Gasteiger partial charge in [0.05, 0.1) is 6.54 Å². The summed E-state index contributed by atoms with van der Waals surface area (Å²) >= 11 is 0. The smallest absolute Gasteiger partial charge is 0.165 e. The number of hydrogen-bond donors (Lipinski definition) is 1. The topological polar surface area (TPSA) is 21.3 Å². The molecule has 25 heavy (non-hydrogen) atoms. The molecular weight excluding hydrogens is 320 g/mol. The van der Waals surface area contributed by atoms with Crippen LogP contribution in [0.5, 0.6) is 5.75 Å². The van der Waals surface area contributed by atoms with Crippen molar-refractivity contribution in [3.05, 3.63) is 83.9 Å². The minimum atomic E-state index is -0.835. The zero-order valence-electron chi connectivity index (χ0n) is 13.5. The van der Waals surface area contributed by atoms with Crippen LogP contribution >= 0.6 is 0 Å². The number of halogens is 2. The van der Waals surface area contributed by atoms with E-state index < -0.39 is 11.6 Å². The molecule has 0 fully saturated rings. The maximum absolute atomic E-state index is 14.3. The molecule has 0 aromatic heterocycles. The second-order valence-corrected chi connectivity index (χ2v) is 6.08. The molecule has 0 saturated carbocycles. The van der Waals surface area contributed by atoms with E-state index in [0.29, 0.717) is 29.8 Å². The molecule has 4 heteroatoms. The number of para-hydroxylation sites is 1. The summed E-state index contributed by atoms with van der Waals surface area (Å²) in [6.45, 7) is 0.522. The fourth-order valence-electron chi connectivity index (χ4n) is 3.15. The van der Waals surface area contributed by atoms with Crippen LogP contribution in [-0.2, 0) is 6.42 Å². The molecule has 1 N–H and O–H groups in total. The molecule has 3 aromatic carbocycles. The van der Waals surface area contributed by atoms with Gasteiger partial charge in [-0.3, -0.25) is 0 Å². The van der Waals surface area contributed by atoms with Crippen molar-refractivity contribution in [1.82, 2.24) is 0 Å². The lowest BCUT2D eigenvalue weighted by molar-refractivity contribution is 0.247. The third-order valence-corrected chi connectivity index (χ3v) is 4.37. The second-order valence-electron chi connectivity index (χ2n) is 6.08. The minimum Gasteiger partial charge on any atom is -0.487 e. The highest BCUT2D eigenvalue weighted by molar-refractivity contribution is 5.73. The standard InChI is InChI=1S/C21H17F2NO/c22-19-12-17(14-7-3-1-4-8-14)21-18(20(19)23)11-16(25-21)13-24-15-9-5-2-6-10-15/h1-10,12,16,24H,11,13H2. The zero-order valence-corrected chi connectivity index (χ0v) is 13.5. The lowest BCUT2D eigenvalue weighted by atomic mass is 9.99. The Labute approximate surface area is 145 Å². The Hall–Kier alpha value is -2.88. The van der Waals surface area contributed by atoms with Crippen molar-refractivity contribution in [1.29, 1.82) is 0 Å². The third-order valence-electron chi connectivity index (χ3n) is 4.37. The van der Waals surface area contributed by atoms with Gasteiger partial charge in [0, 0.05) is 23.2 Å². The van der Waals surface area contributed by atoms with Crippen LogP contribution < -0.4 is 10.1 Å². The van der Waals surface area contributed by atoms with Crippen LogP contribution in [0.3, 0.4) is 0 Å². The van der Waals surface area contributed by atoms with Crippen molar-refractivity contribution < 1.29 is 13.5 Å². The summed E-state index contributed by atoms with van der Waals surface area (Å²) in [5, 5.41) is 3.27. The Kier molecular flexibility index (Phi) is 4.10. The van der Waals surface area contributed by atoms with Crippen LogP contribution in [0.4, 0.5) is 14.5 Å². The van der Waals surface area contributed by atoms with Crippen molar-refractivity contribution in [3.63, 3.8) is 0 Å². The fourth-order valence-corrected chi connectivity index (χ4v) is 3.15. The maximum Gasteiger partial charge on any atom is 0.165 e. The molecule has 2 nitrogen and oxygen atoms in total. The number of benzene rings is 3. The van der Waals surface area contributed by atoms with Crippen LogP contribution in [0, 0.1) is 11.6 Å². The minimum absolute atomic E-state index is 0.242. The summed E-state index contributed by atoms with van der Waals surface area (Å²) in [7, 11) is 0. The highest BCUT2D eigenvalue weighted by atomic mass is 19.2. The summed E-state index contributed by atoms with van der Waals surface area (Å²) in [6, 6.07) is 20.3. The van der Waals surface area contributed by atoms with Crippen LogP contribution in [0.2, 0.25) is 0 Å². The lowest BCUT2D eigenvalue weighted by Crippen LogP contribution is -2.24. The average molecular weight is 337 g/mol. The largest absolute Gasteiger partial charge is 0.487 e. The van der Waals surface area contributed by atoms with E-state index in [4.69, 9.17) is 4.74 Å². The van der Waals surface area contributed by atoms with Gasteiger partial charge in [-0.25, -0.2) is 8.78 Å². The third kappa shape index (κ3) is 3.07. The van der Waals surface area contributed by atoms with Gasteiger partial charge in [0.2, 0.25) is 0 Å². The molecule has 0 bridgehead atoms. The molecule has 1 unspecified atom stereocenters. The van der Waals surface area contributed by atoms with Crippen molar-refractivity contribution in [2.24, 2.45) is 0 Å². The van der Waals surface area contributed by atoms with Crippen LogP contribution in [-0.4, -0.2) is 12.6 Å². The normalized spacial score (nSPS) is 15.5. The molecule has 0 aliphatic carbocycles. The monoisotopic (exact) mass is 337 g/mol. The summed E-state index contributed by atoms with van der Waals surface area (Å²) in [6.07, 6.45) is 0.104. The van der Waals surface area contributed by atoms with E-state index in [0.717, 1.165) is 11.3 Å². The van der Waals surface area contributed by atoms with Gasteiger partial charge in [-0.05, 0) is 23.8 Å². The summed E-state index contributed by atoms with van der Waals surface area (Å²) in [5.74, 6) is -1.19. The molecule has 1 aliphatic rings.